The summed E-state index contributed by atoms with van der Waals surface area (Å²) in [6, 6.07) is 0.568. The van der Waals surface area contributed by atoms with E-state index in [1.54, 1.807) is 0 Å². The van der Waals surface area contributed by atoms with Gasteiger partial charge in [0.2, 0.25) is 0 Å². The zero-order valence-electron chi connectivity index (χ0n) is 14.6. The lowest BCUT2D eigenvalue weighted by molar-refractivity contribution is -0.0601. The first-order valence-electron chi connectivity index (χ1n) is 8.39. The maximum atomic E-state index is 5.73. The number of methoxy groups -OCH3 is 1. The summed E-state index contributed by atoms with van der Waals surface area (Å²) < 4.78 is 5.73. The fourth-order valence-corrected chi connectivity index (χ4v) is 3.28. The Kier molecular flexibility index (Phi) is 6.96. The van der Waals surface area contributed by atoms with E-state index in [9.17, 15) is 0 Å². The van der Waals surface area contributed by atoms with Crippen molar-refractivity contribution in [2.24, 2.45) is 5.41 Å². The number of ether oxygens (including phenoxy) is 1. The zero-order valence-corrected chi connectivity index (χ0v) is 14.6. The highest BCUT2D eigenvalue weighted by atomic mass is 16.5. The van der Waals surface area contributed by atoms with Crippen molar-refractivity contribution in [1.29, 1.82) is 0 Å². The van der Waals surface area contributed by atoms with Gasteiger partial charge in [-0.15, -0.1) is 0 Å². The van der Waals surface area contributed by atoms with Gasteiger partial charge in [0.15, 0.2) is 0 Å². The van der Waals surface area contributed by atoms with Gasteiger partial charge in [0.25, 0.3) is 0 Å². The lowest BCUT2D eigenvalue weighted by Crippen LogP contribution is -2.52. The van der Waals surface area contributed by atoms with Crippen LogP contribution in [0.5, 0.6) is 0 Å². The number of piperidine rings is 1. The first kappa shape index (κ1) is 17.9. The molecule has 1 aliphatic rings. The van der Waals surface area contributed by atoms with Crippen LogP contribution in [-0.2, 0) is 4.74 Å². The summed E-state index contributed by atoms with van der Waals surface area (Å²) in [6.07, 6.45) is 4.92. The SMILES string of the molecule is CCC(CC)(CNC(C)C)CN1CCCC(C)(OC)C1. The standard InChI is InChI=1S/C17H36N2O/c1-7-17(8-2,12-18-15(3)4)14-19-11-9-10-16(5,13-19)20-6/h15,18H,7-14H2,1-6H3. The van der Waals surface area contributed by atoms with E-state index >= 15 is 0 Å². The van der Waals surface area contributed by atoms with Gasteiger partial charge in [-0.3, -0.25) is 4.90 Å². The normalized spacial score (nSPS) is 25.4. The second kappa shape index (κ2) is 7.77. The van der Waals surface area contributed by atoms with Crippen molar-refractivity contribution >= 4 is 0 Å². The molecule has 120 valence electrons. The minimum absolute atomic E-state index is 0.0525. The molecule has 0 amide bonds. The van der Waals surface area contributed by atoms with Crippen molar-refractivity contribution in [2.45, 2.75) is 71.9 Å². The fourth-order valence-electron chi connectivity index (χ4n) is 3.28. The molecular weight excluding hydrogens is 248 g/mol. The van der Waals surface area contributed by atoms with Crippen LogP contribution in [0.25, 0.3) is 0 Å². The van der Waals surface area contributed by atoms with Crippen molar-refractivity contribution in [3.8, 4) is 0 Å². The van der Waals surface area contributed by atoms with Gasteiger partial charge in [0.1, 0.15) is 0 Å². The summed E-state index contributed by atoms with van der Waals surface area (Å²) in [5.74, 6) is 0. The largest absolute Gasteiger partial charge is 0.377 e. The molecule has 1 N–H and O–H groups in total. The molecule has 1 saturated heterocycles. The van der Waals surface area contributed by atoms with Crippen LogP contribution in [0.4, 0.5) is 0 Å². The van der Waals surface area contributed by atoms with Crippen molar-refractivity contribution in [2.75, 3.05) is 33.3 Å². The number of hydrogen-bond donors (Lipinski definition) is 1. The molecule has 1 aliphatic heterocycles. The molecule has 0 radical (unpaired) electrons. The Bertz CT molecular complexity index is 276. The van der Waals surface area contributed by atoms with Crippen LogP contribution in [-0.4, -0.2) is 49.8 Å². The van der Waals surface area contributed by atoms with E-state index in [0.717, 1.165) is 13.1 Å². The Balaban J connectivity index is 2.64. The minimum atomic E-state index is 0.0525. The number of hydrogen-bond acceptors (Lipinski definition) is 3. The van der Waals surface area contributed by atoms with Crippen LogP contribution >= 0.6 is 0 Å². The lowest BCUT2D eigenvalue weighted by atomic mass is 9.80. The summed E-state index contributed by atoms with van der Waals surface area (Å²) >= 11 is 0. The number of likely N-dealkylation sites (tertiary alicyclic amines) is 1. The minimum Gasteiger partial charge on any atom is -0.377 e. The van der Waals surface area contributed by atoms with Gasteiger partial charge < -0.3 is 10.1 Å². The topological polar surface area (TPSA) is 24.5 Å². The monoisotopic (exact) mass is 284 g/mol. The second-order valence-corrected chi connectivity index (χ2v) is 7.21. The number of nitrogens with one attached hydrogen (secondary N) is 1. The molecule has 0 aromatic carbocycles. The summed E-state index contributed by atoms with van der Waals surface area (Å²) in [5.41, 5.74) is 0.452. The van der Waals surface area contributed by atoms with Crippen LogP contribution in [0.1, 0.15) is 60.3 Å². The van der Waals surface area contributed by atoms with Crippen molar-refractivity contribution in [1.82, 2.24) is 10.2 Å². The molecule has 1 fully saturated rings. The van der Waals surface area contributed by atoms with Crippen LogP contribution in [0, 0.1) is 5.41 Å². The van der Waals surface area contributed by atoms with E-state index < -0.39 is 0 Å². The molecule has 0 aliphatic carbocycles. The summed E-state index contributed by atoms with van der Waals surface area (Å²) in [5, 5.41) is 3.65. The van der Waals surface area contributed by atoms with E-state index in [1.807, 2.05) is 7.11 Å². The average molecular weight is 284 g/mol. The van der Waals surface area contributed by atoms with E-state index in [-0.39, 0.29) is 5.60 Å². The van der Waals surface area contributed by atoms with Gasteiger partial charge in [-0.1, -0.05) is 27.7 Å². The van der Waals surface area contributed by atoms with Gasteiger partial charge >= 0.3 is 0 Å². The first-order valence-corrected chi connectivity index (χ1v) is 8.39. The third-order valence-electron chi connectivity index (χ3n) is 5.18. The zero-order chi connectivity index (χ0) is 15.2. The highest BCUT2D eigenvalue weighted by Crippen LogP contribution is 2.31. The Morgan fingerprint density at radius 3 is 2.45 bits per heavy atom. The lowest BCUT2D eigenvalue weighted by Gasteiger charge is -2.44. The van der Waals surface area contributed by atoms with Crippen LogP contribution < -0.4 is 5.32 Å². The summed E-state index contributed by atoms with van der Waals surface area (Å²) in [7, 11) is 1.86. The molecule has 3 nitrogen and oxygen atoms in total. The van der Waals surface area contributed by atoms with Crippen LogP contribution in [0.15, 0.2) is 0 Å². The molecule has 1 rings (SSSR count). The highest BCUT2D eigenvalue weighted by molar-refractivity contribution is 4.90. The van der Waals surface area contributed by atoms with E-state index in [0.29, 0.717) is 11.5 Å². The average Bonchev–Trinajstić information content (AvgIpc) is 2.43. The Labute approximate surface area is 126 Å². The van der Waals surface area contributed by atoms with Crippen molar-refractivity contribution in [3.05, 3.63) is 0 Å². The molecule has 0 saturated carbocycles. The van der Waals surface area contributed by atoms with Crippen LogP contribution in [0.2, 0.25) is 0 Å². The van der Waals surface area contributed by atoms with Crippen LogP contribution in [0.3, 0.4) is 0 Å². The molecule has 1 atom stereocenters. The van der Waals surface area contributed by atoms with Gasteiger partial charge in [0.05, 0.1) is 5.60 Å². The number of rotatable bonds is 8. The first-order chi connectivity index (χ1) is 9.38. The Morgan fingerprint density at radius 2 is 1.95 bits per heavy atom. The summed E-state index contributed by atoms with van der Waals surface area (Å²) in [6.45, 7) is 16.0. The van der Waals surface area contributed by atoms with E-state index in [4.69, 9.17) is 4.74 Å². The third kappa shape index (κ3) is 5.01. The Morgan fingerprint density at radius 1 is 1.30 bits per heavy atom. The van der Waals surface area contributed by atoms with Gasteiger partial charge in [0, 0.05) is 32.8 Å². The quantitative estimate of drug-likeness (QED) is 0.740. The molecule has 0 bridgehead atoms. The van der Waals surface area contributed by atoms with E-state index in [2.05, 4.69) is 44.8 Å². The van der Waals surface area contributed by atoms with Crippen molar-refractivity contribution in [3.63, 3.8) is 0 Å². The maximum absolute atomic E-state index is 5.73. The molecule has 3 heteroatoms. The summed E-state index contributed by atoms with van der Waals surface area (Å²) in [4.78, 5) is 2.63. The molecule has 0 aromatic rings. The van der Waals surface area contributed by atoms with Gasteiger partial charge in [-0.25, -0.2) is 0 Å². The van der Waals surface area contributed by atoms with Gasteiger partial charge in [-0.2, -0.15) is 0 Å². The molecule has 0 spiro atoms. The van der Waals surface area contributed by atoms with Gasteiger partial charge in [-0.05, 0) is 44.6 Å². The Hall–Kier alpha value is -0.120. The van der Waals surface area contributed by atoms with E-state index in [1.165, 1.54) is 38.8 Å². The third-order valence-corrected chi connectivity index (χ3v) is 5.18. The predicted octanol–water partition coefficient (Wildman–Crippen LogP) is 3.29. The molecule has 1 unspecified atom stereocenters. The molecule has 0 aromatic heterocycles. The molecule has 1 heterocycles. The molecular formula is C17H36N2O. The molecule has 20 heavy (non-hydrogen) atoms. The van der Waals surface area contributed by atoms with Crippen molar-refractivity contribution < 1.29 is 4.74 Å². The second-order valence-electron chi connectivity index (χ2n) is 7.21. The number of nitrogens with zero attached hydrogens (tertiary/aromatic N) is 1. The smallest absolute Gasteiger partial charge is 0.0777 e. The predicted molar refractivity (Wildman–Crippen MR) is 87.2 cm³/mol. The fraction of sp³-hybridized carbons (Fsp3) is 1.00. The highest BCUT2D eigenvalue weighted by Gasteiger charge is 2.35. The maximum Gasteiger partial charge on any atom is 0.0777 e.